The molecule has 0 spiro atoms. The van der Waals surface area contributed by atoms with Gasteiger partial charge in [-0.2, -0.15) is 41.8 Å². The van der Waals surface area contributed by atoms with Crippen molar-refractivity contribution in [2.24, 2.45) is 0 Å². The summed E-state index contributed by atoms with van der Waals surface area (Å²) in [7, 11) is -2.42. The van der Waals surface area contributed by atoms with E-state index in [2.05, 4.69) is 40.5 Å². The third-order valence-corrected chi connectivity index (χ3v) is 8.76. The van der Waals surface area contributed by atoms with Crippen LogP contribution in [0.5, 0.6) is 0 Å². The standard InChI is InChI=1S/C32H34N10O6S2/c1-20-33-28(37-31(34-20)41(2)3)18-21-11-12-22(26(17-21)49(43,44)45)13-14-23-15-16-25(19-27(23)50(46,47)48)36-30-38-29(39-32(40-30)42(4)5)35-24-9-7-6-8-10-24/h6-17,19H,18H2,1-5H3,(H,43,44,45)(H,46,47,48)(H2,35,36,38,39,40)/b14-13+. The second-order valence-corrected chi connectivity index (χ2v) is 14.2. The number of hydrogen-bond acceptors (Lipinski definition) is 14. The molecule has 0 aliphatic heterocycles. The summed E-state index contributed by atoms with van der Waals surface area (Å²) in [6, 6.07) is 17.8. The van der Waals surface area contributed by atoms with Crippen LogP contribution < -0.4 is 20.4 Å². The Hall–Kier alpha value is -5.56. The minimum Gasteiger partial charge on any atom is -0.347 e. The highest BCUT2D eigenvalue weighted by molar-refractivity contribution is 7.86. The van der Waals surface area contributed by atoms with Crippen LogP contribution in [0.1, 0.15) is 28.3 Å². The number of nitrogens with one attached hydrogen (secondary N) is 2. The first kappa shape index (κ1) is 35.7. The molecular weight excluding hydrogens is 685 g/mol. The van der Waals surface area contributed by atoms with E-state index in [1.54, 1.807) is 51.0 Å². The van der Waals surface area contributed by atoms with Crippen LogP contribution in [0.15, 0.2) is 76.5 Å². The summed E-state index contributed by atoms with van der Waals surface area (Å²) < 4.78 is 70.0. The highest BCUT2D eigenvalue weighted by Gasteiger charge is 2.19. The average Bonchev–Trinajstić information content (AvgIpc) is 3.03. The zero-order valence-electron chi connectivity index (χ0n) is 27.6. The minimum atomic E-state index is -4.77. The first-order chi connectivity index (χ1) is 23.5. The van der Waals surface area contributed by atoms with Crippen molar-refractivity contribution in [2.45, 2.75) is 23.1 Å². The molecule has 0 aliphatic rings. The molecule has 4 N–H and O–H groups in total. The number of anilines is 6. The smallest absolute Gasteiger partial charge is 0.295 e. The van der Waals surface area contributed by atoms with Gasteiger partial charge in [-0.25, -0.2) is 4.98 Å². The van der Waals surface area contributed by atoms with Crippen LogP contribution in [0.2, 0.25) is 0 Å². The van der Waals surface area contributed by atoms with Crippen LogP contribution in [0.3, 0.4) is 0 Å². The van der Waals surface area contributed by atoms with Crippen molar-refractivity contribution in [3.63, 3.8) is 0 Å². The normalized spacial score (nSPS) is 11.8. The van der Waals surface area contributed by atoms with Crippen LogP contribution in [0.4, 0.5) is 35.2 Å². The SMILES string of the molecule is Cc1nc(Cc2ccc(/C=C/c3ccc(Nc4nc(Nc5ccccc5)nc(N(C)C)n4)cc3S(=O)(=O)O)c(S(=O)(=O)O)c2)nc(N(C)C)n1. The quantitative estimate of drug-likeness (QED) is 0.105. The zero-order chi connectivity index (χ0) is 36.2. The molecule has 0 saturated heterocycles. The molecule has 0 atom stereocenters. The Morgan fingerprint density at radius 2 is 1.18 bits per heavy atom. The first-order valence-electron chi connectivity index (χ1n) is 14.9. The molecule has 2 aromatic heterocycles. The fourth-order valence-electron chi connectivity index (χ4n) is 4.64. The third-order valence-electron chi connectivity index (χ3n) is 6.94. The zero-order valence-corrected chi connectivity index (χ0v) is 29.3. The van der Waals surface area contributed by atoms with Gasteiger partial charge in [0.2, 0.25) is 23.8 Å². The fourth-order valence-corrected chi connectivity index (χ4v) is 6.09. The molecule has 260 valence electrons. The van der Waals surface area contributed by atoms with Crippen LogP contribution in [-0.4, -0.2) is 84.0 Å². The number of hydrogen-bond donors (Lipinski definition) is 4. The van der Waals surface area contributed by atoms with E-state index in [0.717, 1.165) is 5.69 Å². The Morgan fingerprint density at radius 3 is 1.76 bits per heavy atom. The number of nitrogens with zero attached hydrogens (tertiary/aromatic N) is 8. The molecule has 16 nitrogen and oxygen atoms in total. The molecule has 18 heteroatoms. The maximum absolute atomic E-state index is 12.5. The van der Waals surface area contributed by atoms with Gasteiger partial charge in [-0.15, -0.1) is 0 Å². The monoisotopic (exact) mass is 718 g/mol. The molecular formula is C32H34N10O6S2. The summed E-state index contributed by atoms with van der Waals surface area (Å²) in [5.41, 5.74) is 1.57. The minimum absolute atomic E-state index is 0.0383. The molecule has 5 aromatic rings. The largest absolute Gasteiger partial charge is 0.347 e. The van der Waals surface area contributed by atoms with Crippen LogP contribution in [0.25, 0.3) is 12.2 Å². The van der Waals surface area contributed by atoms with Gasteiger partial charge in [0.25, 0.3) is 20.2 Å². The molecule has 50 heavy (non-hydrogen) atoms. The Morgan fingerprint density at radius 1 is 0.640 bits per heavy atom. The van der Waals surface area contributed by atoms with E-state index in [0.29, 0.717) is 29.1 Å². The second kappa shape index (κ2) is 14.5. The summed E-state index contributed by atoms with van der Waals surface area (Å²) in [6.07, 6.45) is 2.78. The van der Waals surface area contributed by atoms with Gasteiger partial charge in [0.05, 0.1) is 0 Å². The molecule has 0 aliphatic carbocycles. The molecule has 2 heterocycles. The fraction of sp³-hybridized carbons (Fsp3) is 0.188. The Balaban J connectivity index is 1.45. The highest BCUT2D eigenvalue weighted by atomic mass is 32.2. The van der Waals surface area contributed by atoms with Gasteiger partial charge in [0.1, 0.15) is 21.4 Å². The van der Waals surface area contributed by atoms with Crippen molar-refractivity contribution in [3.05, 3.63) is 95.1 Å². The van der Waals surface area contributed by atoms with Crippen molar-refractivity contribution < 1.29 is 25.9 Å². The summed E-state index contributed by atoms with van der Waals surface area (Å²) in [6.45, 7) is 1.72. The Bertz CT molecular complexity index is 2290. The van der Waals surface area contributed by atoms with E-state index in [9.17, 15) is 25.9 Å². The topological polar surface area (TPSA) is 217 Å². The van der Waals surface area contributed by atoms with Crippen LogP contribution >= 0.6 is 0 Å². The number of para-hydroxylation sites is 1. The van der Waals surface area contributed by atoms with Gasteiger partial charge in [-0.05, 0) is 53.9 Å². The number of benzene rings is 3. The number of rotatable bonds is 12. The van der Waals surface area contributed by atoms with E-state index in [1.165, 1.54) is 42.5 Å². The van der Waals surface area contributed by atoms with E-state index < -0.39 is 30.0 Å². The van der Waals surface area contributed by atoms with E-state index in [4.69, 9.17) is 0 Å². The highest BCUT2D eigenvalue weighted by Crippen LogP contribution is 2.27. The molecule has 0 fully saturated rings. The summed E-state index contributed by atoms with van der Waals surface area (Å²) >= 11 is 0. The molecule has 0 bridgehead atoms. The maximum atomic E-state index is 12.5. The van der Waals surface area contributed by atoms with Crippen LogP contribution in [0, 0.1) is 6.92 Å². The molecule has 0 unspecified atom stereocenters. The lowest BCUT2D eigenvalue weighted by atomic mass is 10.1. The Labute approximate surface area is 289 Å². The van der Waals surface area contributed by atoms with Gasteiger partial charge in [-0.1, -0.05) is 48.6 Å². The lowest BCUT2D eigenvalue weighted by Gasteiger charge is -2.15. The van der Waals surface area contributed by atoms with Crippen LogP contribution in [-0.2, 0) is 26.7 Å². The lowest BCUT2D eigenvalue weighted by Crippen LogP contribution is -2.15. The summed E-state index contributed by atoms with van der Waals surface area (Å²) in [4.78, 5) is 28.6. The molecule has 0 amide bonds. The molecule has 0 radical (unpaired) electrons. The van der Waals surface area contributed by atoms with Crippen molar-refractivity contribution >= 4 is 67.6 Å². The third kappa shape index (κ3) is 9.11. The number of aryl methyl sites for hydroxylation is 1. The molecule has 5 rings (SSSR count). The van der Waals surface area contributed by atoms with Crippen molar-refractivity contribution in [1.82, 2.24) is 29.9 Å². The predicted molar refractivity (Wildman–Crippen MR) is 190 cm³/mol. The molecule has 3 aromatic carbocycles. The lowest BCUT2D eigenvalue weighted by molar-refractivity contribution is 0.480. The number of aromatic nitrogens is 6. The second-order valence-electron chi connectivity index (χ2n) is 11.4. The predicted octanol–water partition coefficient (Wildman–Crippen LogP) is 4.24. The van der Waals surface area contributed by atoms with Gasteiger partial charge in [0, 0.05) is 46.0 Å². The van der Waals surface area contributed by atoms with E-state index >= 15 is 0 Å². The average molecular weight is 719 g/mol. The van der Waals surface area contributed by atoms with Gasteiger partial charge < -0.3 is 20.4 Å². The maximum Gasteiger partial charge on any atom is 0.295 e. The van der Waals surface area contributed by atoms with Gasteiger partial charge >= 0.3 is 0 Å². The van der Waals surface area contributed by atoms with E-state index in [1.807, 2.05) is 30.3 Å². The van der Waals surface area contributed by atoms with Crippen molar-refractivity contribution in [3.8, 4) is 0 Å². The molecule has 0 saturated carbocycles. The summed E-state index contributed by atoms with van der Waals surface area (Å²) in [5, 5.41) is 6.05. The van der Waals surface area contributed by atoms with Crippen molar-refractivity contribution in [2.75, 3.05) is 48.6 Å². The van der Waals surface area contributed by atoms with Crippen molar-refractivity contribution in [1.29, 1.82) is 0 Å². The van der Waals surface area contributed by atoms with E-state index in [-0.39, 0.29) is 35.1 Å². The Kier molecular flexibility index (Phi) is 10.4. The first-order valence-corrected chi connectivity index (χ1v) is 17.7. The van der Waals surface area contributed by atoms with Gasteiger partial charge in [-0.3, -0.25) is 9.11 Å². The van der Waals surface area contributed by atoms with Gasteiger partial charge in [0.15, 0.2) is 0 Å². The summed E-state index contributed by atoms with van der Waals surface area (Å²) in [5.74, 6) is 1.97.